The van der Waals surface area contributed by atoms with Crippen molar-refractivity contribution in [2.75, 3.05) is 39.4 Å². The Labute approximate surface area is 345 Å². The number of unbranched alkanes of at least 4 members (excludes halogenated alkanes) is 5. The van der Waals surface area contributed by atoms with Crippen molar-refractivity contribution >= 4 is 28.6 Å². The molecule has 19 nitrogen and oxygen atoms in total. The van der Waals surface area contributed by atoms with Gasteiger partial charge >= 0.3 is 0 Å². The van der Waals surface area contributed by atoms with Gasteiger partial charge in [-0.25, -0.2) is 0 Å². The van der Waals surface area contributed by atoms with Gasteiger partial charge in [-0.15, -0.1) is 0 Å². The van der Waals surface area contributed by atoms with Crippen LogP contribution in [0.5, 0.6) is 28.7 Å². The van der Waals surface area contributed by atoms with Crippen LogP contribution in [0.2, 0.25) is 0 Å². The lowest BCUT2D eigenvalue weighted by Crippen LogP contribution is -2.60. The fourth-order valence-corrected chi connectivity index (χ4v) is 6.89. The maximum Gasteiger partial charge on any atom is 0.297 e. The summed E-state index contributed by atoms with van der Waals surface area (Å²) in [5.74, 6) is -0.694. The number of aryl methyl sites for hydroxylation is 1. The molecule has 0 bridgehead atoms. The third kappa shape index (κ3) is 10.5. The average molecular weight is 849 g/mol. The number of rotatable bonds is 19. The first-order valence-corrected chi connectivity index (χ1v) is 19.8. The summed E-state index contributed by atoms with van der Waals surface area (Å²) < 4.78 is 41.2. The summed E-state index contributed by atoms with van der Waals surface area (Å²) in [6, 6.07) is 7.64. The van der Waals surface area contributed by atoms with E-state index in [1.807, 2.05) is 0 Å². The van der Waals surface area contributed by atoms with Crippen molar-refractivity contribution < 1.29 is 78.8 Å². The molecule has 1 amide bonds. The number of aliphatic hydroxyl groups is 8. The molecule has 3 heterocycles. The fourth-order valence-electron chi connectivity index (χ4n) is 6.89. The lowest BCUT2D eigenvalue weighted by molar-refractivity contribution is -0.277. The molecule has 9 N–H and O–H groups in total. The molecule has 2 saturated heterocycles. The van der Waals surface area contributed by atoms with Crippen LogP contribution < -0.4 is 34.6 Å². The highest BCUT2D eigenvalue weighted by Gasteiger charge is 2.46. The number of nitrogens with one attached hydrogen (secondary N) is 1. The molecule has 5 rings (SSSR count). The maximum absolute atomic E-state index is 13.8. The number of aromatic nitrogens is 1. The summed E-state index contributed by atoms with van der Waals surface area (Å²) in [5, 5.41) is 84.6. The Hall–Kier alpha value is -4.54. The zero-order valence-corrected chi connectivity index (χ0v) is 33.9. The van der Waals surface area contributed by atoms with Crippen molar-refractivity contribution in [2.24, 2.45) is 7.05 Å². The summed E-state index contributed by atoms with van der Waals surface area (Å²) in [5.41, 5.74) is 0.394. The number of benzene rings is 2. The number of nitrogens with zero attached hydrogens (tertiary/aromatic N) is 1. The molecule has 332 valence electrons. The number of aliphatic hydroxyl groups excluding tert-OH is 8. The number of fused-ring (bicyclic) bond motifs is 1. The molecule has 0 spiro atoms. The summed E-state index contributed by atoms with van der Waals surface area (Å²) in [6.07, 6.45) is -7.16. The largest absolute Gasteiger partial charge is 0.493 e. The van der Waals surface area contributed by atoms with Gasteiger partial charge in [-0.05, 0) is 48.4 Å². The molecule has 10 atom stereocenters. The highest BCUT2D eigenvalue weighted by Crippen LogP contribution is 2.41. The predicted octanol–water partition coefficient (Wildman–Crippen LogP) is 0.304. The van der Waals surface area contributed by atoms with E-state index in [1.54, 1.807) is 12.1 Å². The molecule has 0 unspecified atom stereocenters. The van der Waals surface area contributed by atoms with Crippen molar-refractivity contribution in [3.8, 4) is 28.7 Å². The molecule has 3 aromatic rings. The molecule has 19 heteroatoms. The second-order valence-corrected chi connectivity index (χ2v) is 14.6. The minimum atomic E-state index is -1.76. The van der Waals surface area contributed by atoms with E-state index in [1.165, 1.54) is 56.2 Å². The summed E-state index contributed by atoms with van der Waals surface area (Å²) in [7, 11) is 4.19. The minimum absolute atomic E-state index is 0.0291. The van der Waals surface area contributed by atoms with E-state index in [9.17, 15) is 50.4 Å². The number of anilines is 1. The van der Waals surface area contributed by atoms with Gasteiger partial charge in [0, 0.05) is 24.2 Å². The summed E-state index contributed by atoms with van der Waals surface area (Å²) in [4.78, 5) is 27.0. The van der Waals surface area contributed by atoms with Gasteiger partial charge in [0.2, 0.25) is 30.0 Å². The third-order valence-corrected chi connectivity index (χ3v) is 10.4. The number of methoxy groups -OCH3 is 2. The molecule has 0 radical (unpaired) electrons. The van der Waals surface area contributed by atoms with Crippen LogP contribution in [0.25, 0.3) is 17.0 Å². The zero-order chi connectivity index (χ0) is 43.7. The number of pyridine rings is 1. The highest BCUT2D eigenvalue weighted by atomic mass is 16.7. The Morgan fingerprint density at radius 1 is 0.750 bits per heavy atom. The van der Waals surface area contributed by atoms with Crippen molar-refractivity contribution in [1.82, 2.24) is 4.57 Å². The van der Waals surface area contributed by atoms with Crippen LogP contribution in [-0.4, -0.2) is 147 Å². The van der Waals surface area contributed by atoms with Crippen LogP contribution in [0, 0.1) is 0 Å². The molecular weight excluding hydrogens is 792 g/mol. The lowest BCUT2D eigenvalue weighted by Gasteiger charge is -2.39. The van der Waals surface area contributed by atoms with Crippen LogP contribution in [-0.2, 0) is 21.3 Å². The van der Waals surface area contributed by atoms with Crippen LogP contribution in [0.15, 0.2) is 41.2 Å². The second-order valence-electron chi connectivity index (χ2n) is 14.6. The molecule has 0 saturated carbocycles. The number of amides is 1. The van der Waals surface area contributed by atoms with Crippen LogP contribution in [0.1, 0.15) is 51.0 Å². The Morgan fingerprint density at radius 3 is 1.85 bits per heavy atom. The van der Waals surface area contributed by atoms with Crippen LogP contribution in [0.3, 0.4) is 0 Å². The van der Waals surface area contributed by atoms with Gasteiger partial charge in [0.1, 0.15) is 48.8 Å². The molecule has 2 aliphatic heterocycles. The minimum Gasteiger partial charge on any atom is -0.493 e. The smallest absolute Gasteiger partial charge is 0.297 e. The average Bonchev–Trinajstić information content (AvgIpc) is 3.25. The van der Waals surface area contributed by atoms with Gasteiger partial charge in [-0.3, -0.25) is 9.59 Å². The molecule has 2 aliphatic rings. The van der Waals surface area contributed by atoms with Gasteiger partial charge < -0.3 is 83.9 Å². The van der Waals surface area contributed by atoms with E-state index in [0.717, 1.165) is 32.1 Å². The van der Waals surface area contributed by atoms with Gasteiger partial charge in [0.15, 0.2) is 17.2 Å². The van der Waals surface area contributed by atoms with Gasteiger partial charge in [0.25, 0.3) is 5.56 Å². The first-order chi connectivity index (χ1) is 28.8. The van der Waals surface area contributed by atoms with E-state index in [0.29, 0.717) is 17.4 Å². The quantitative estimate of drug-likeness (QED) is 0.0580. The molecule has 2 fully saturated rings. The van der Waals surface area contributed by atoms with E-state index in [-0.39, 0.29) is 46.6 Å². The monoisotopic (exact) mass is 848 g/mol. The fraction of sp³-hybridized carbons (Fsp3) is 0.561. The summed E-state index contributed by atoms with van der Waals surface area (Å²) in [6.45, 7) is 0.968. The Bertz CT molecular complexity index is 1960. The molecule has 2 aromatic carbocycles. The van der Waals surface area contributed by atoms with E-state index >= 15 is 0 Å². The van der Waals surface area contributed by atoms with Crippen LogP contribution in [0.4, 0.5) is 5.69 Å². The van der Waals surface area contributed by atoms with Crippen molar-refractivity contribution in [2.45, 2.75) is 107 Å². The lowest BCUT2D eigenvalue weighted by atomic mass is 9.99. The summed E-state index contributed by atoms with van der Waals surface area (Å²) >= 11 is 0. The number of carbonyl (C=O) groups is 1. The van der Waals surface area contributed by atoms with Crippen LogP contribution >= 0.6 is 0 Å². The normalized spacial score (nSPS) is 26.9. The predicted molar refractivity (Wildman–Crippen MR) is 214 cm³/mol. The number of ether oxygens (including phenoxy) is 7. The molecule has 0 aliphatic carbocycles. The third-order valence-electron chi connectivity index (χ3n) is 10.4. The van der Waals surface area contributed by atoms with Crippen molar-refractivity contribution in [3.05, 3.63) is 52.3 Å². The van der Waals surface area contributed by atoms with Crippen molar-refractivity contribution in [1.29, 1.82) is 0 Å². The standard InChI is InChI=1S/C41H56N2O17/c1-5-6-7-8-9-10-15-56-38-36(59-40-34(51)32(49)30(47)27(19-44)57-40)23-13-12-22(18-24(23)43(2)39(38)53)42-29(46)14-11-21-16-25(54-3)37(26(17-21)55-4)60-41-35(52)33(50)31(48)28(20-45)58-41/h11-14,16-18,27-28,30-35,40-41,44-45,47-52H,5-10,15,19-20H2,1-4H3,(H,42,46)/b14-11+/t27-,28-,30-,31-,32+,33+,34-,35-,40+,41+/m1/s1. The number of hydrogen-bond acceptors (Lipinski definition) is 17. The zero-order valence-electron chi connectivity index (χ0n) is 33.9. The maximum atomic E-state index is 13.8. The highest BCUT2D eigenvalue weighted by molar-refractivity contribution is 6.03. The first-order valence-electron chi connectivity index (χ1n) is 19.8. The second kappa shape index (κ2) is 21.3. The Balaban J connectivity index is 1.38. The SMILES string of the molecule is CCCCCCCCOc1c(O[C@@H]2O[C@H](CO)[C@@H](O)[C@H](O)[C@H]2O)c2ccc(NC(=O)/C=C/c3cc(OC)c(O[C@@H]4O[C@H](CO)[C@@H](O)[C@H](O)[C@H]4O)c(OC)c3)cc2n(C)c1=O. The number of hydrogen-bond donors (Lipinski definition) is 9. The van der Waals surface area contributed by atoms with Gasteiger partial charge in [-0.2, -0.15) is 0 Å². The van der Waals surface area contributed by atoms with E-state index in [2.05, 4.69) is 12.2 Å². The topological polar surface area (TPSA) is 278 Å². The number of carbonyl (C=O) groups excluding carboxylic acids is 1. The molecule has 60 heavy (non-hydrogen) atoms. The molecular formula is C41H56N2O17. The Morgan fingerprint density at radius 2 is 1.30 bits per heavy atom. The van der Waals surface area contributed by atoms with E-state index < -0.39 is 86.1 Å². The first kappa shape index (κ1) is 46.5. The van der Waals surface area contributed by atoms with E-state index in [4.69, 9.17) is 33.2 Å². The van der Waals surface area contributed by atoms with Crippen molar-refractivity contribution in [3.63, 3.8) is 0 Å². The van der Waals surface area contributed by atoms with Gasteiger partial charge in [0.05, 0.1) is 39.6 Å². The Kier molecular flexibility index (Phi) is 16.5. The van der Waals surface area contributed by atoms with Gasteiger partial charge in [-0.1, -0.05) is 39.0 Å². The molecule has 1 aromatic heterocycles.